The van der Waals surface area contributed by atoms with Crippen LogP contribution in [0.25, 0.3) is 11.0 Å². The van der Waals surface area contributed by atoms with Gasteiger partial charge >= 0.3 is 0 Å². The minimum atomic E-state index is 0.919. The van der Waals surface area contributed by atoms with Crippen LogP contribution in [0.2, 0.25) is 0 Å². The lowest BCUT2D eigenvalue weighted by Gasteiger charge is -2.02. The van der Waals surface area contributed by atoms with Gasteiger partial charge in [-0.15, -0.1) is 0 Å². The van der Waals surface area contributed by atoms with Crippen molar-refractivity contribution < 1.29 is 0 Å². The van der Waals surface area contributed by atoms with E-state index in [4.69, 9.17) is 0 Å². The van der Waals surface area contributed by atoms with E-state index >= 15 is 0 Å². The Morgan fingerprint density at radius 2 is 2.00 bits per heavy atom. The first-order valence-corrected chi connectivity index (χ1v) is 3.79. The summed E-state index contributed by atoms with van der Waals surface area (Å²) in [5, 5.41) is 3.07. The first-order chi connectivity index (χ1) is 5.92. The Morgan fingerprint density at radius 3 is 2.83 bits per heavy atom. The predicted molar refractivity (Wildman–Crippen MR) is 49.1 cm³/mol. The van der Waals surface area contributed by atoms with E-state index in [9.17, 15) is 0 Å². The second kappa shape index (κ2) is 2.77. The van der Waals surface area contributed by atoms with Crippen molar-refractivity contribution in [2.24, 2.45) is 0 Å². The van der Waals surface area contributed by atoms with Crippen molar-refractivity contribution >= 4 is 16.7 Å². The highest BCUT2D eigenvalue weighted by Crippen LogP contribution is 2.17. The van der Waals surface area contributed by atoms with Crippen molar-refractivity contribution in [2.45, 2.75) is 0 Å². The number of fused-ring (bicyclic) bond motifs is 1. The Hall–Kier alpha value is -1.64. The highest BCUT2D eigenvalue weighted by molar-refractivity contribution is 5.87. The number of nitrogens with zero attached hydrogens (tertiary/aromatic N) is 2. The fourth-order valence-electron chi connectivity index (χ4n) is 1.19. The molecule has 0 aliphatic carbocycles. The van der Waals surface area contributed by atoms with Crippen LogP contribution in [0.15, 0.2) is 30.6 Å². The molecule has 0 saturated carbocycles. The Bertz CT molecular complexity index is 392. The van der Waals surface area contributed by atoms with Gasteiger partial charge in [-0.3, -0.25) is 9.97 Å². The second-order valence-corrected chi connectivity index (χ2v) is 2.48. The molecular formula is C9H9N3. The number of rotatable bonds is 1. The van der Waals surface area contributed by atoms with Gasteiger partial charge in [-0.05, 0) is 12.1 Å². The van der Waals surface area contributed by atoms with E-state index in [-0.39, 0.29) is 0 Å². The monoisotopic (exact) mass is 159 g/mol. The van der Waals surface area contributed by atoms with Crippen LogP contribution in [0.1, 0.15) is 0 Å². The maximum absolute atomic E-state index is 4.23. The molecule has 0 amide bonds. The molecule has 1 N–H and O–H groups in total. The highest BCUT2D eigenvalue weighted by Gasteiger charge is 1.98. The molecule has 0 aliphatic rings. The van der Waals surface area contributed by atoms with Gasteiger partial charge in [0.2, 0.25) is 0 Å². The molecule has 1 aromatic carbocycles. The molecule has 12 heavy (non-hydrogen) atoms. The number of nitrogens with one attached hydrogen (secondary N) is 1. The SMILES string of the molecule is CNc1cccc2nccnc12. The quantitative estimate of drug-likeness (QED) is 0.687. The zero-order valence-corrected chi connectivity index (χ0v) is 6.78. The first-order valence-electron chi connectivity index (χ1n) is 3.79. The second-order valence-electron chi connectivity index (χ2n) is 2.48. The van der Waals surface area contributed by atoms with Gasteiger partial charge in [0.15, 0.2) is 0 Å². The van der Waals surface area contributed by atoms with Crippen LogP contribution in [0, 0.1) is 0 Å². The molecule has 1 heterocycles. The van der Waals surface area contributed by atoms with E-state index in [0.717, 1.165) is 16.7 Å². The van der Waals surface area contributed by atoms with Gasteiger partial charge in [0.05, 0.1) is 11.2 Å². The summed E-state index contributed by atoms with van der Waals surface area (Å²) >= 11 is 0. The largest absolute Gasteiger partial charge is 0.386 e. The topological polar surface area (TPSA) is 37.8 Å². The third-order valence-corrected chi connectivity index (χ3v) is 1.77. The number of hydrogen-bond donors (Lipinski definition) is 1. The van der Waals surface area contributed by atoms with Crippen molar-refractivity contribution in [3.63, 3.8) is 0 Å². The lowest BCUT2D eigenvalue weighted by Crippen LogP contribution is -1.91. The number of para-hydroxylation sites is 1. The minimum Gasteiger partial charge on any atom is -0.386 e. The summed E-state index contributed by atoms with van der Waals surface area (Å²) < 4.78 is 0. The van der Waals surface area contributed by atoms with E-state index in [1.807, 2.05) is 25.2 Å². The molecule has 0 radical (unpaired) electrons. The summed E-state index contributed by atoms with van der Waals surface area (Å²) in [5.74, 6) is 0. The van der Waals surface area contributed by atoms with Crippen molar-refractivity contribution in [2.75, 3.05) is 12.4 Å². The molecule has 0 saturated heterocycles. The number of anilines is 1. The van der Waals surface area contributed by atoms with Crippen LogP contribution >= 0.6 is 0 Å². The van der Waals surface area contributed by atoms with Crippen LogP contribution < -0.4 is 5.32 Å². The fraction of sp³-hybridized carbons (Fsp3) is 0.111. The summed E-state index contributed by atoms with van der Waals surface area (Å²) in [7, 11) is 1.88. The van der Waals surface area contributed by atoms with Crippen LogP contribution in [0.4, 0.5) is 5.69 Å². The molecule has 0 spiro atoms. The molecule has 0 atom stereocenters. The molecule has 1 aromatic heterocycles. The average molecular weight is 159 g/mol. The smallest absolute Gasteiger partial charge is 0.112 e. The zero-order valence-electron chi connectivity index (χ0n) is 6.78. The summed E-state index contributed by atoms with van der Waals surface area (Å²) in [6.45, 7) is 0. The van der Waals surface area contributed by atoms with Crippen LogP contribution in [0.3, 0.4) is 0 Å². The lowest BCUT2D eigenvalue weighted by molar-refractivity contribution is 1.29. The predicted octanol–water partition coefficient (Wildman–Crippen LogP) is 1.67. The van der Waals surface area contributed by atoms with E-state index in [0.29, 0.717) is 0 Å². The third-order valence-electron chi connectivity index (χ3n) is 1.77. The Labute approximate surface area is 70.5 Å². The van der Waals surface area contributed by atoms with Crippen LogP contribution in [-0.4, -0.2) is 17.0 Å². The molecule has 60 valence electrons. The summed E-state index contributed by atoms with van der Waals surface area (Å²) in [5.41, 5.74) is 2.85. The molecule has 2 aromatic rings. The molecule has 2 rings (SSSR count). The standard InChI is InChI=1S/C9H9N3/c1-10-7-3-2-4-8-9(7)12-6-5-11-8/h2-6,10H,1H3. The number of hydrogen-bond acceptors (Lipinski definition) is 3. The van der Waals surface area contributed by atoms with Gasteiger partial charge in [0, 0.05) is 19.4 Å². The van der Waals surface area contributed by atoms with E-state index in [1.54, 1.807) is 12.4 Å². The minimum absolute atomic E-state index is 0.919. The maximum Gasteiger partial charge on any atom is 0.112 e. The van der Waals surface area contributed by atoms with Gasteiger partial charge in [0.1, 0.15) is 5.52 Å². The summed E-state index contributed by atoms with van der Waals surface area (Å²) in [6, 6.07) is 5.89. The molecule has 0 unspecified atom stereocenters. The van der Waals surface area contributed by atoms with Gasteiger partial charge in [0.25, 0.3) is 0 Å². The van der Waals surface area contributed by atoms with Crippen molar-refractivity contribution in [1.82, 2.24) is 9.97 Å². The molecule has 3 heteroatoms. The van der Waals surface area contributed by atoms with Crippen LogP contribution in [0.5, 0.6) is 0 Å². The highest BCUT2D eigenvalue weighted by atomic mass is 14.9. The van der Waals surface area contributed by atoms with Gasteiger partial charge < -0.3 is 5.32 Å². The number of benzene rings is 1. The van der Waals surface area contributed by atoms with Crippen molar-refractivity contribution in [3.05, 3.63) is 30.6 Å². The third kappa shape index (κ3) is 0.993. The van der Waals surface area contributed by atoms with Gasteiger partial charge in [-0.25, -0.2) is 0 Å². The summed E-state index contributed by atoms with van der Waals surface area (Å²) in [6.07, 6.45) is 3.39. The Balaban J connectivity index is 2.79. The van der Waals surface area contributed by atoms with Gasteiger partial charge in [-0.2, -0.15) is 0 Å². The molecule has 0 aliphatic heterocycles. The van der Waals surface area contributed by atoms with E-state index in [1.165, 1.54) is 0 Å². The fourth-order valence-corrected chi connectivity index (χ4v) is 1.19. The summed E-state index contributed by atoms with van der Waals surface area (Å²) in [4.78, 5) is 8.41. The van der Waals surface area contributed by atoms with Crippen molar-refractivity contribution in [1.29, 1.82) is 0 Å². The maximum atomic E-state index is 4.23. The first kappa shape index (κ1) is 7.03. The van der Waals surface area contributed by atoms with Gasteiger partial charge in [-0.1, -0.05) is 6.07 Å². The van der Waals surface area contributed by atoms with Crippen LogP contribution in [-0.2, 0) is 0 Å². The average Bonchev–Trinajstić information content (AvgIpc) is 2.17. The van der Waals surface area contributed by atoms with E-state index < -0.39 is 0 Å². The molecular weight excluding hydrogens is 150 g/mol. The molecule has 0 fully saturated rings. The Kier molecular flexibility index (Phi) is 1.63. The lowest BCUT2D eigenvalue weighted by atomic mass is 10.2. The molecule has 3 nitrogen and oxygen atoms in total. The number of aromatic nitrogens is 2. The molecule has 0 bridgehead atoms. The normalized spacial score (nSPS) is 10.1. The zero-order chi connectivity index (χ0) is 8.39. The van der Waals surface area contributed by atoms with Crippen molar-refractivity contribution in [3.8, 4) is 0 Å². The van der Waals surface area contributed by atoms with E-state index in [2.05, 4.69) is 15.3 Å². The Morgan fingerprint density at radius 1 is 1.17 bits per heavy atom.